The molecular weight excluding hydrogens is 394 g/mol. The molecule has 0 radical (unpaired) electrons. The second-order valence-corrected chi connectivity index (χ2v) is 8.41. The quantitative estimate of drug-likeness (QED) is 0.629. The third-order valence-electron chi connectivity index (χ3n) is 5.47. The number of aryl methyl sites for hydroxylation is 1. The largest absolute Gasteiger partial charge is 0.493 e. The van der Waals surface area contributed by atoms with Crippen molar-refractivity contribution < 1.29 is 19.1 Å². The molecule has 166 valence electrons. The lowest BCUT2D eigenvalue weighted by Crippen LogP contribution is -2.42. The normalized spacial score (nSPS) is 16.3. The van der Waals surface area contributed by atoms with Gasteiger partial charge in [-0.3, -0.25) is 9.59 Å². The third-order valence-corrected chi connectivity index (χ3v) is 5.47. The molecule has 1 amide bonds. The zero-order chi connectivity index (χ0) is 22.5. The summed E-state index contributed by atoms with van der Waals surface area (Å²) in [7, 11) is 3.11. The van der Waals surface area contributed by atoms with Crippen LogP contribution < -0.4 is 9.47 Å². The average Bonchev–Trinajstić information content (AvgIpc) is 2.76. The molecule has 2 heterocycles. The fourth-order valence-electron chi connectivity index (χ4n) is 4.02. The minimum Gasteiger partial charge on any atom is -0.493 e. The molecule has 0 bridgehead atoms. The highest BCUT2D eigenvalue weighted by molar-refractivity contribution is 5.99. The number of rotatable bonds is 7. The lowest BCUT2D eigenvalue weighted by atomic mass is 9.89. The number of aromatic nitrogens is 2. The van der Waals surface area contributed by atoms with Crippen molar-refractivity contribution in [2.24, 2.45) is 11.8 Å². The Hall–Kier alpha value is -2.96. The molecule has 31 heavy (non-hydrogen) atoms. The number of ketones is 1. The standard InChI is InChI=1S/C24H31N3O4/c1-15(2)11-19-13-20(26-16(3)25-19)24(29)27-10-6-7-18(14-27)23(28)17-8-9-21(30-4)22(12-17)31-5/h8-9,12-13,15,18H,6-7,10-11,14H2,1-5H3/t18-/m1/s1. The van der Waals surface area contributed by atoms with Crippen molar-refractivity contribution in [1.29, 1.82) is 0 Å². The molecule has 1 aliphatic heterocycles. The summed E-state index contributed by atoms with van der Waals surface area (Å²) in [5, 5.41) is 0. The Labute approximate surface area is 183 Å². The molecule has 1 saturated heterocycles. The fraction of sp³-hybridized carbons (Fsp3) is 0.500. The Morgan fingerprint density at radius 2 is 1.87 bits per heavy atom. The van der Waals surface area contributed by atoms with Crippen LogP contribution in [0.15, 0.2) is 24.3 Å². The van der Waals surface area contributed by atoms with Crippen molar-refractivity contribution in [1.82, 2.24) is 14.9 Å². The van der Waals surface area contributed by atoms with Crippen molar-refractivity contribution >= 4 is 11.7 Å². The molecule has 1 aromatic heterocycles. The summed E-state index contributed by atoms with van der Waals surface area (Å²) in [6.45, 7) is 7.05. The summed E-state index contributed by atoms with van der Waals surface area (Å²) < 4.78 is 10.6. The maximum absolute atomic E-state index is 13.2. The molecule has 0 N–H and O–H groups in total. The summed E-state index contributed by atoms with van der Waals surface area (Å²) in [4.78, 5) is 36.9. The number of ether oxygens (including phenoxy) is 2. The maximum atomic E-state index is 13.2. The number of piperidine rings is 1. The number of methoxy groups -OCH3 is 2. The number of nitrogens with zero attached hydrogens (tertiary/aromatic N) is 3. The number of hydrogen-bond acceptors (Lipinski definition) is 6. The SMILES string of the molecule is COc1ccc(C(=O)[C@@H]2CCCN(C(=O)c3cc(CC(C)C)nc(C)n3)C2)cc1OC. The van der Waals surface area contributed by atoms with Crippen LogP contribution in [0.2, 0.25) is 0 Å². The van der Waals surface area contributed by atoms with E-state index in [1.54, 1.807) is 50.3 Å². The summed E-state index contributed by atoms with van der Waals surface area (Å²) in [6, 6.07) is 6.97. The smallest absolute Gasteiger partial charge is 0.272 e. The molecule has 7 heteroatoms. The van der Waals surface area contributed by atoms with Crippen molar-refractivity contribution in [3.8, 4) is 11.5 Å². The van der Waals surface area contributed by atoms with Gasteiger partial charge < -0.3 is 14.4 Å². The zero-order valence-electron chi connectivity index (χ0n) is 19.0. The lowest BCUT2D eigenvalue weighted by molar-refractivity contribution is 0.0631. The summed E-state index contributed by atoms with van der Waals surface area (Å²) >= 11 is 0. The average molecular weight is 426 g/mol. The first-order valence-corrected chi connectivity index (χ1v) is 10.7. The molecule has 1 aliphatic rings. The van der Waals surface area contributed by atoms with Crippen LogP contribution in [0, 0.1) is 18.8 Å². The van der Waals surface area contributed by atoms with Gasteiger partial charge in [0, 0.05) is 30.3 Å². The third kappa shape index (κ3) is 5.40. The molecule has 7 nitrogen and oxygen atoms in total. The van der Waals surface area contributed by atoms with Crippen molar-refractivity contribution in [2.45, 2.75) is 40.0 Å². The summed E-state index contributed by atoms with van der Waals surface area (Å²) in [6.07, 6.45) is 2.32. The number of carbonyl (C=O) groups is 2. The van der Waals surface area contributed by atoms with Crippen LogP contribution in [0.25, 0.3) is 0 Å². The van der Waals surface area contributed by atoms with E-state index in [1.165, 1.54) is 0 Å². The van der Waals surface area contributed by atoms with E-state index in [0.29, 0.717) is 47.6 Å². The van der Waals surface area contributed by atoms with Crippen LogP contribution in [-0.2, 0) is 6.42 Å². The van der Waals surface area contributed by atoms with E-state index in [2.05, 4.69) is 23.8 Å². The second-order valence-electron chi connectivity index (χ2n) is 8.41. The van der Waals surface area contributed by atoms with Crippen LogP contribution in [0.3, 0.4) is 0 Å². The van der Waals surface area contributed by atoms with E-state index in [1.807, 2.05) is 0 Å². The van der Waals surface area contributed by atoms with Gasteiger partial charge in [-0.15, -0.1) is 0 Å². The number of Topliss-reactive ketones (excluding diaryl/α,β-unsaturated/α-hetero) is 1. The highest BCUT2D eigenvalue weighted by Gasteiger charge is 2.30. The highest BCUT2D eigenvalue weighted by atomic mass is 16.5. The number of benzene rings is 1. The van der Waals surface area contributed by atoms with E-state index in [9.17, 15) is 9.59 Å². The Balaban J connectivity index is 1.77. The van der Waals surface area contributed by atoms with Crippen LogP contribution in [0.1, 0.15) is 59.1 Å². The van der Waals surface area contributed by atoms with Gasteiger partial charge in [0.05, 0.1) is 14.2 Å². The van der Waals surface area contributed by atoms with Crippen molar-refractivity contribution in [2.75, 3.05) is 27.3 Å². The predicted octanol–water partition coefficient (Wildman–Crippen LogP) is 3.74. The van der Waals surface area contributed by atoms with E-state index in [4.69, 9.17) is 9.47 Å². The van der Waals surface area contributed by atoms with Gasteiger partial charge in [-0.05, 0) is 56.4 Å². The fourth-order valence-corrected chi connectivity index (χ4v) is 4.02. The van der Waals surface area contributed by atoms with E-state index in [0.717, 1.165) is 25.0 Å². The molecule has 0 spiro atoms. The molecular formula is C24H31N3O4. The molecule has 0 aliphatic carbocycles. The topological polar surface area (TPSA) is 81.6 Å². The Morgan fingerprint density at radius 1 is 1.13 bits per heavy atom. The van der Waals surface area contributed by atoms with Crippen LogP contribution in [0.4, 0.5) is 0 Å². The van der Waals surface area contributed by atoms with Gasteiger partial charge in [-0.25, -0.2) is 9.97 Å². The van der Waals surface area contributed by atoms with Gasteiger partial charge in [0.1, 0.15) is 11.5 Å². The summed E-state index contributed by atoms with van der Waals surface area (Å²) in [5.41, 5.74) is 1.84. The van der Waals surface area contributed by atoms with Gasteiger partial charge in [0.25, 0.3) is 5.91 Å². The Morgan fingerprint density at radius 3 is 2.55 bits per heavy atom. The number of carbonyl (C=O) groups excluding carboxylic acids is 2. The maximum Gasteiger partial charge on any atom is 0.272 e. The first-order valence-electron chi connectivity index (χ1n) is 10.7. The molecule has 0 saturated carbocycles. The predicted molar refractivity (Wildman–Crippen MR) is 118 cm³/mol. The first kappa shape index (κ1) is 22.7. The van der Waals surface area contributed by atoms with E-state index >= 15 is 0 Å². The van der Waals surface area contributed by atoms with Gasteiger partial charge in [-0.2, -0.15) is 0 Å². The first-order chi connectivity index (χ1) is 14.8. The van der Waals surface area contributed by atoms with E-state index < -0.39 is 0 Å². The molecule has 1 aromatic carbocycles. The minimum absolute atomic E-state index is 0.0119. The van der Waals surface area contributed by atoms with Gasteiger partial charge in [0.2, 0.25) is 0 Å². The van der Waals surface area contributed by atoms with E-state index in [-0.39, 0.29) is 17.6 Å². The second kappa shape index (κ2) is 9.90. The molecule has 2 aromatic rings. The van der Waals surface area contributed by atoms with Crippen molar-refractivity contribution in [3.05, 3.63) is 47.0 Å². The van der Waals surface area contributed by atoms with Gasteiger partial charge in [0.15, 0.2) is 17.3 Å². The Kier molecular flexibility index (Phi) is 7.25. The monoisotopic (exact) mass is 425 g/mol. The van der Waals surface area contributed by atoms with Crippen LogP contribution >= 0.6 is 0 Å². The van der Waals surface area contributed by atoms with Crippen molar-refractivity contribution in [3.63, 3.8) is 0 Å². The van der Waals surface area contributed by atoms with Crippen LogP contribution in [-0.4, -0.2) is 53.9 Å². The van der Waals surface area contributed by atoms with Gasteiger partial charge in [-0.1, -0.05) is 13.8 Å². The molecule has 0 unspecified atom stereocenters. The molecule has 1 atom stereocenters. The minimum atomic E-state index is -0.256. The molecule has 3 rings (SSSR count). The number of hydrogen-bond donors (Lipinski definition) is 0. The lowest BCUT2D eigenvalue weighted by Gasteiger charge is -2.32. The number of likely N-dealkylation sites (tertiary alicyclic amines) is 1. The molecule has 1 fully saturated rings. The highest BCUT2D eigenvalue weighted by Crippen LogP contribution is 2.30. The number of amides is 1. The van der Waals surface area contributed by atoms with Gasteiger partial charge >= 0.3 is 0 Å². The van der Waals surface area contributed by atoms with Crippen LogP contribution in [0.5, 0.6) is 11.5 Å². The zero-order valence-corrected chi connectivity index (χ0v) is 19.0. The summed E-state index contributed by atoms with van der Waals surface area (Å²) in [5.74, 6) is 1.75. The Bertz CT molecular complexity index is 958.